The predicted molar refractivity (Wildman–Crippen MR) is 80.8 cm³/mol. The van der Waals surface area contributed by atoms with Crippen molar-refractivity contribution in [2.24, 2.45) is 5.73 Å². The van der Waals surface area contributed by atoms with Crippen molar-refractivity contribution in [2.75, 3.05) is 12.8 Å². The molecule has 1 heterocycles. The zero-order chi connectivity index (χ0) is 14.5. The Morgan fingerprint density at radius 1 is 1.53 bits per heavy atom. The molecule has 1 rings (SSSR count). The third-order valence-corrected chi connectivity index (χ3v) is 5.27. The molecule has 1 aromatic rings. The van der Waals surface area contributed by atoms with Gasteiger partial charge in [0, 0.05) is 36.8 Å². The lowest BCUT2D eigenvalue weighted by atomic mass is 10.4. The molecule has 110 valence electrons. The summed E-state index contributed by atoms with van der Waals surface area (Å²) < 4.78 is 28.9. The van der Waals surface area contributed by atoms with E-state index in [-0.39, 0.29) is 5.25 Å². The van der Waals surface area contributed by atoms with Gasteiger partial charge >= 0.3 is 0 Å². The fourth-order valence-electron chi connectivity index (χ4n) is 1.69. The van der Waals surface area contributed by atoms with Crippen LogP contribution in [0, 0.1) is 0 Å². The third kappa shape index (κ3) is 4.52. The fraction of sp³-hybridized carbons (Fsp3) is 0.667. The number of hydrogen-bond donors (Lipinski definition) is 2. The second-order valence-electron chi connectivity index (χ2n) is 4.46. The van der Waals surface area contributed by atoms with E-state index in [0.717, 1.165) is 18.7 Å². The smallest absolute Gasteiger partial charge is 0.242 e. The lowest BCUT2D eigenvalue weighted by Gasteiger charge is -2.09. The van der Waals surface area contributed by atoms with Gasteiger partial charge < -0.3 is 10.3 Å². The number of aryl methyl sites for hydroxylation is 1. The van der Waals surface area contributed by atoms with Crippen LogP contribution in [0.5, 0.6) is 0 Å². The standard InChI is InChI=1S/C12H23N3O2S2/c1-4-5-15-9-12(6-11(15)7-13)19(16,17)14-8-10(2)18-3/h6,9-10,14H,4-5,7-8,13H2,1-3H3. The molecule has 1 atom stereocenters. The highest BCUT2D eigenvalue weighted by molar-refractivity contribution is 7.99. The van der Waals surface area contributed by atoms with E-state index in [1.54, 1.807) is 24.0 Å². The summed E-state index contributed by atoms with van der Waals surface area (Å²) in [4.78, 5) is 0.301. The SMILES string of the molecule is CCCn1cc(S(=O)(=O)NCC(C)SC)cc1CN. The minimum Gasteiger partial charge on any atom is -0.349 e. The van der Waals surface area contributed by atoms with Crippen LogP contribution in [0.15, 0.2) is 17.2 Å². The molecule has 5 nitrogen and oxygen atoms in total. The van der Waals surface area contributed by atoms with E-state index in [9.17, 15) is 8.42 Å². The van der Waals surface area contributed by atoms with Crippen LogP contribution in [0.25, 0.3) is 0 Å². The lowest BCUT2D eigenvalue weighted by Crippen LogP contribution is -2.29. The Hall–Kier alpha value is -0.500. The summed E-state index contributed by atoms with van der Waals surface area (Å²) in [6.07, 6.45) is 4.57. The first-order valence-electron chi connectivity index (χ1n) is 6.36. The van der Waals surface area contributed by atoms with Gasteiger partial charge in [-0.3, -0.25) is 0 Å². The topological polar surface area (TPSA) is 77.1 Å². The number of sulfonamides is 1. The van der Waals surface area contributed by atoms with Crippen molar-refractivity contribution in [3.05, 3.63) is 18.0 Å². The average Bonchev–Trinajstić information content (AvgIpc) is 2.80. The van der Waals surface area contributed by atoms with Crippen molar-refractivity contribution in [2.45, 2.75) is 43.5 Å². The third-order valence-electron chi connectivity index (χ3n) is 2.91. The van der Waals surface area contributed by atoms with Crippen molar-refractivity contribution >= 4 is 21.8 Å². The van der Waals surface area contributed by atoms with Crippen molar-refractivity contribution in [3.63, 3.8) is 0 Å². The summed E-state index contributed by atoms with van der Waals surface area (Å²) in [5, 5.41) is 0.251. The van der Waals surface area contributed by atoms with Crippen LogP contribution in [0.3, 0.4) is 0 Å². The first-order valence-corrected chi connectivity index (χ1v) is 9.13. The monoisotopic (exact) mass is 305 g/mol. The second kappa shape index (κ2) is 7.33. The molecule has 0 aliphatic heterocycles. The minimum atomic E-state index is -3.44. The van der Waals surface area contributed by atoms with Gasteiger partial charge in [-0.15, -0.1) is 0 Å². The molecule has 0 fully saturated rings. The summed E-state index contributed by atoms with van der Waals surface area (Å²) in [7, 11) is -3.44. The van der Waals surface area contributed by atoms with E-state index in [1.807, 2.05) is 24.7 Å². The highest BCUT2D eigenvalue weighted by Gasteiger charge is 2.18. The highest BCUT2D eigenvalue weighted by Crippen LogP contribution is 2.15. The zero-order valence-electron chi connectivity index (χ0n) is 11.7. The van der Waals surface area contributed by atoms with Gasteiger partial charge in [-0.05, 0) is 18.7 Å². The van der Waals surface area contributed by atoms with Gasteiger partial charge in [0.15, 0.2) is 0 Å². The molecule has 0 aromatic carbocycles. The Morgan fingerprint density at radius 3 is 2.74 bits per heavy atom. The van der Waals surface area contributed by atoms with E-state index in [2.05, 4.69) is 4.72 Å². The molecule has 0 radical (unpaired) electrons. The molecule has 1 aromatic heterocycles. The molecule has 0 amide bonds. The van der Waals surface area contributed by atoms with Gasteiger partial charge in [-0.2, -0.15) is 11.8 Å². The molecule has 1 unspecified atom stereocenters. The largest absolute Gasteiger partial charge is 0.349 e. The first-order chi connectivity index (χ1) is 8.94. The number of aromatic nitrogens is 1. The fourth-order valence-corrected chi connectivity index (χ4v) is 3.24. The van der Waals surface area contributed by atoms with Crippen molar-refractivity contribution in [1.82, 2.24) is 9.29 Å². The van der Waals surface area contributed by atoms with Crippen LogP contribution in [0.2, 0.25) is 0 Å². The van der Waals surface area contributed by atoms with Crippen molar-refractivity contribution in [3.8, 4) is 0 Å². The Morgan fingerprint density at radius 2 is 2.21 bits per heavy atom. The lowest BCUT2D eigenvalue weighted by molar-refractivity contribution is 0.580. The van der Waals surface area contributed by atoms with Gasteiger partial charge in [0.1, 0.15) is 0 Å². The number of thioether (sulfide) groups is 1. The van der Waals surface area contributed by atoms with E-state index in [1.165, 1.54) is 0 Å². The second-order valence-corrected chi connectivity index (χ2v) is 7.51. The molecule has 0 spiro atoms. The number of nitrogens with one attached hydrogen (secondary N) is 1. The Bertz CT molecular complexity index is 497. The van der Waals surface area contributed by atoms with Crippen molar-refractivity contribution in [1.29, 1.82) is 0 Å². The van der Waals surface area contributed by atoms with E-state index in [4.69, 9.17) is 5.73 Å². The maximum atomic E-state index is 12.2. The summed E-state index contributed by atoms with van der Waals surface area (Å²) >= 11 is 1.63. The number of hydrogen-bond acceptors (Lipinski definition) is 4. The van der Waals surface area contributed by atoms with Gasteiger partial charge in [0.2, 0.25) is 10.0 Å². The molecule has 0 saturated heterocycles. The number of nitrogens with two attached hydrogens (primary N) is 1. The quantitative estimate of drug-likeness (QED) is 0.761. The summed E-state index contributed by atoms with van der Waals surface area (Å²) in [6.45, 7) is 5.59. The van der Waals surface area contributed by atoms with Crippen LogP contribution >= 0.6 is 11.8 Å². The normalized spacial score (nSPS) is 13.7. The van der Waals surface area contributed by atoms with Crippen LogP contribution in [0.1, 0.15) is 26.0 Å². The summed E-state index contributed by atoms with van der Waals surface area (Å²) in [6, 6.07) is 1.65. The van der Waals surface area contributed by atoms with Crippen LogP contribution in [-0.4, -0.2) is 31.0 Å². The average molecular weight is 305 g/mol. The maximum Gasteiger partial charge on any atom is 0.242 e. The molecule has 19 heavy (non-hydrogen) atoms. The van der Waals surface area contributed by atoms with Gasteiger partial charge in [0.05, 0.1) is 4.90 Å². The number of nitrogens with zero attached hydrogens (tertiary/aromatic N) is 1. The summed E-state index contributed by atoms with van der Waals surface area (Å²) in [5.74, 6) is 0. The molecule has 0 saturated carbocycles. The molecule has 3 N–H and O–H groups in total. The van der Waals surface area contributed by atoms with E-state index >= 15 is 0 Å². The molecule has 0 aliphatic carbocycles. The van der Waals surface area contributed by atoms with Gasteiger partial charge in [0.25, 0.3) is 0 Å². The van der Waals surface area contributed by atoms with Crippen molar-refractivity contribution < 1.29 is 8.42 Å². The zero-order valence-corrected chi connectivity index (χ0v) is 13.4. The maximum absolute atomic E-state index is 12.2. The predicted octanol–water partition coefficient (Wildman–Crippen LogP) is 1.39. The van der Waals surface area contributed by atoms with Gasteiger partial charge in [-0.25, -0.2) is 13.1 Å². The highest BCUT2D eigenvalue weighted by atomic mass is 32.2. The molecule has 0 aliphatic rings. The van der Waals surface area contributed by atoms with Crippen LogP contribution < -0.4 is 10.5 Å². The first kappa shape index (κ1) is 16.6. The van der Waals surface area contributed by atoms with E-state index in [0.29, 0.717) is 18.0 Å². The van der Waals surface area contributed by atoms with Crippen LogP contribution in [-0.2, 0) is 23.1 Å². The summed E-state index contributed by atoms with van der Waals surface area (Å²) in [5.41, 5.74) is 6.49. The Labute approximate surface area is 120 Å². The molecular weight excluding hydrogens is 282 g/mol. The minimum absolute atomic E-state index is 0.251. The number of rotatable bonds is 8. The Kier molecular flexibility index (Phi) is 6.38. The van der Waals surface area contributed by atoms with Gasteiger partial charge in [-0.1, -0.05) is 13.8 Å². The Balaban J connectivity index is 2.89. The van der Waals surface area contributed by atoms with Crippen LogP contribution in [0.4, 0.5) is 0 Å². The molecule has 7 heteroatoms. The molecule has 0 bridgehead atoms. The molecular formula is C12H23N3O2S2. The van der Waals surface area contributed by atoms with E-state index < -0.39 is 10.0 Å².